The lowest BCUT2D eigenvalue weighted by Gasteiger charge is -2.32. The van der Waals surface area contributed by atoms with Crippen LogP contribution in [-0.4, -0.2) is 47.7 Å². The first-order valence-corrected chi connectivity index (χ1v) is 10.6. The van der Waals surface area contributed by atoms with Gasteiger partial charge in [0.15, 0.2) is 6.10 Å². The summed E-state index contributed by atoms with van der Waals surface area (Å²) in [5.41, 5.74) is 1.30. The Morgan fingerprint density at radius 2 is 1.60 bits per heavy atom. The first-order chi connectivity index (χ1) is 14.0. The molecule has 166 valence electrons. The van der Waals surface area contributed by atoms with Crippen molar-refractivity contribution in [3.05, 3.63) is 29.8 Å². The van der Waals surface area contributed by atoms with Crippen LogP contribution in [0.5, 0.6) is 0 Å². The highest BCUT2D eigenvalue weighted by Gasteiger charge is 2.32. The lowest BCUT2D eigenvalue weighted by molar-refractivity contribution is -0.158. The number of rotatable bonds is 5. The smallest absolute Gasteiger partial charge is 0.410 e. The lowest BCUT2D eigenvalue weighted by Crippen LogP contribution is -2.43. The number of likely N-dealkylation sites (tertiary alicyclic amines) is 1. The number of hydrogen-bond acceptors (Lipinski definition) is 5. The highest BCUT2D eigenvalue weighted by Crippen LogP contribution is 2.22. The van der Waals surface area contributed by atoms with E-state index in [0.29, 0.717) is 37.5 Å². The molecule has 1 saturated heterocycles. The molecule has 0 unspecified atom stereocenters. The van der Waals surface area contributed by atoms with E-state index < -0.39 is 17.7 Å². The molecule has 7 nitrogen and oxygen atoms in total. The van der Waals surface area contributed by atoms with Crippen molar-refractivity contribution in [2.45, 2.75) is 72.0 Å². The number of carbonyl (C=O) groups is 3. The van der Waals surface area contributed by atoms with Crippen LogP contribution in [0.2, 0.25) is 0 Å². The Kier molecular flexibility index (Phi) is 7.87. The van der Waals surface area contributed by atoms with Gasteiger partial charge < -0.3 is 19.7 Å². The molecule has 0 radical (unpaired) electrons. The van der Waals surface area contributed by atoms with Gasteiger partial charge in [-0.25, -0.2) is 4.79 Å². The molecule has 0 spiro atoms. The van der Waals surface area contributed by atoms with Crippen LogP contribution in [0.3, 0.4) is 0 Å². The summed E-state index contributed by atoms with van der Waals surface area (Å²) in [5, 5.41) is 2.77. The van der Waals surface area contributed by atoms with E-state index in [-0.39, 0.29) is 17.9 Å². The third kappa shape index (κ3) is 7.04. The second kappa shape index (κ2) is 9.96. The average molecular weight is 419 g/mol. The SMILES string of the molecule is CC(C)c1ccc(NC(=O)[C@H](C)OC(=O)C2CCN(C(=O)OC(C)(C)C)CC2)cc1. The van der Waals surface area contributed by atoms with Crippen LogP contribution in [0, 0.1) is 5.92 Å². The van der Waals surface area contributed by atoms with Gasteiger partial charge in [-0.2, -0.15) is 0 Å². The summed E-state index contributed by atoms with van der Waals surface area (Å²) in [6.45, 7) is 12.1. The summed E-state index contributed by atoms with van der Waals surface area (Å²) in [6.07, 6.45) is -0.289. The molecule has 2 amide bonds. The molecule has 1 atom stereocenters. The molecule has 0 aliphatic carbocycles. The normalized spacial score (nSPS) is 16.2. The van der Waals surface area contributed by atoms with Crippen LogP contribution in [-0.2, 0) is 19.1 Å². The van der Waals surface area contributed by atoms with Crippen molar-refractivity contribution in [1.29, 1.82) is 0 Å². The maximum absolute atomic E-state index is 12.5. The fraction of sp³-hybridized carbons (Fsp3) is 0.609. The van der Waals surface area contributed by atoms with Crippen LogP contribution < -0.4 is 5.32 Å². The van der Waals surface area contributed by atoms with E-state index in [4.69, 9.17) is 9.47 Å². The molecule has 1 aliphatic heterocycles. The Hall–Kier alpha value is -2.57. The Morgan fingerprint density at radius 1 is 1.03 bits per heavy atom. The van der Waals surface area contributed by atoms with Crippen molar-refractivity contribution in [3.63, 3.8) is 0 Å². The average Bonchev–Trinajstić information content (AvgIpc) is 2.67. The van der Waals surface area contributed by atoms with E-state index in [2.05, 4.69) is 19.2 Å². The molecular weight excluding hydrogens is 384 g/mol. The standard InChI is InChI=1S/C23H34N2O5/c1-15(2)17-7-9-19(10-8-17)24-20(26)16(3)29-21(27)18-11-13-25(14-12-18)22(28)30-23(4,5)6/h7-10,15-16,18H,11-14H2,1-6H3,(H,24,26)/t16-/m0/s1. The third-order valence-corrected chi connectivity index (χ3v) is 4.99. The first-order valence-electron chi connectivity index (χ1n) is 10.6. The number of esters is 1. The zero-order valence-corrected chi connectivity index (χ0v) is 18.9. The Balaban J connectivity index is 1.80. The van der Waals surface area contributed by atoms with E-state index in [1.54, 1.807) is 11.8 Å². The molecule has 1 N–H and O–H groups in total. The number of amides is 2. The van der Waals surface area contributed by atoms with E-state index in [0.717, 1.165) is 0 Å². The molecule has 0 bridgehead atoms. The number of hydrogen-bond donors (Lipinski definition) is 1. The zero-order valence-electron chi connectivity index (χ0n) is 18.9. The number of nitrogens with one attached hydrogen (secondary N) is 1. The molecule has 0 saturated carbocycles. The van der Waals surface area contributed by atoms with Crippen molar-refractivity contribution in [2.24, 2.45) is 5.92 Å². The monoisotopic (exact) mass is 418 g/mol. The van der Waals surface area contributed by atoms with Crippen molar-refractivity contribution in [3.8, 4) is 0 Å². The maximum Gasteiger partial charge on any atom is 0.410 e. The Bertz CT molecular complexity index is 744. The molecule has 1 aromatic carbocycles. The minimum absolute atomic E-state index is 0.329. The quantitative estimate of drug-likeness (QED) is 0.720. The first kappa shape index (κ1) is 23.7. The number of carbonyl (C=O) groups excluding carboxylic acids is 3. The van der Waals surface area contributed by atoms with Gasteiger partial charge in [-0.1, -0.05) is 26.0 Å². The Labute approximate surface area is 179 Å². The minimum Gasteiger partial charge on any atom is -0.452 e. The summed E-state index contributed by atoms with van der Waals surface area (Å²) >= 11 is 0. The number of anilines is 1. The fourth-order valence-electron chi connectivity index (χ4n) is 3.14. The van der Waals surface area contributed by atoms with E-state index in [9.17, 15) is 14.4 Å². The number of ether oxygens (including phenoxy) is 2. The molecule has 1 aromatic rings. The predicted molar refractivity (Wildman–Crippen MR) is 115 cm³/mol. The van der Waals surface area contributed by atoms with Gasteiger partial charge >= 0.3 is 12.1 Å². The summed E-state index contributed by atoms with van der Waals surface area (Å²) < 4.78 is 10.7. The zero-order chi connectivity index (χ0) is 22.5. The van der Waals surface area contributed by atoms with Gasteiger partial charge in [0.2, 0.25) is 0 Å². The van der Waals surface area contributed by atoms with Gasteiger partial charge in [0, 0.05) is 18.8 Å². The van der Waals surface area contributed by atoms with Crippen LogP contribution in [0.4, 0.5) is 10.5 Å². The van der Waals surface area contributed by atoms with E-state index in [1.165, 1.54) is 5.56 Å². The largest absolute Gasteiger partial charge is 0.452 e. The topological polar surface area (TPSA) is 84.9 Å². The minimum atomic E-state index is -0.897. The number of nitrogens with zero attached hydrogens (tertiary/aromatic N) is 1. The molecule has 7 heteroatoms. The van der Waals surface area contributed by atoms with Crippen LogP contribution in [0.25, 0.3) is 0 Å². The second-order valence-corrected chi connectivity index (χ2v) is 9.09. The summed E-state index contributed by atoms with van der Waals surface area (Å²) in [5.74, 6) is -0.691. The van der Waals surface area contributed by atoms with E-state index >= 15 is 0 Å². The lowest BCUT2D eigenvalue weighted by atomic mass is 9.97. The van der Waals surface area contributed by atoms with Crippen molar-refractivity contribution >= 4 is 23.7 Å². The van der Waals surface area contributed by atoms with Gasteiger partial charge in [-0.15, -0.1) is 0 Å². The summed E-state index contributed by atoms with van der Waals surface area (Å²) in [6, 6.07) is 7.62. The molecule has 30 heavy (non-hydrogen) atoms. The van der Waals surface area contributed by atoms with E-state index in [1.807, 2.05) is 45.0 Å². The van der Waals surface area contributed by atoms with Crippen molar-refractivity contribution in [1.82, 2.24) is 4.90 Å². The molecule has 0 aromatic heterocycles. The number of piperidine rings is 1. The molecule has 2 rings (SSSR count). The summed E-state index contributed by atoms with van der Waals surface area (Å²) in [4.78, 5) is 38.5. The number of benzene rings is 1. The predicted octanol–water partition coefficient (Wildman–Crippen LogP) is 4.33. The maximum atomic E-state index is 12.5. The van der Waals surface area contributed by atoms with Gasteiger partial charge in [0.1, 0.15) is 5.60 Å². The molecule has 1 fully saturated rings. The second-order valence-electron chi connectivity index (χ2n) is 9.09. The van der Waals surface area contributed by atoms with Crippen molar-refractivity contribution < 1.29 is 23.9 Å². The molecule has 1 aliphatic rings. The summed E-state index contributed by atoms with van der Waals surface area (Å²) in [7, 11) is 0. The van der Waals surface area contributed by atoms with Gasteiger partial charge in [-0.3, -0.25) is 9.59 Å². The van der Waals surface area contributed by atoms with Gasteiger partial charge in [0.05, 0.1) is 5.92 Å². The van der Waals surface area contributed by atoms with Crippen LogP contribution >= 0.6 is 0 Å². The molecule has 1 heterocycles. The van der Waals surface area contributed by atoms with Gasteiger partial charge in [0.25, 0.3) is 5.91 Å². The van der Waals surface area contributed by atoms with Crippen molar-refractivity contribution in [2.75, 3.05) is 18.4 Å². The van der Waals surface area contributed by atoms with Crippen LogP contribution in [0.15, 0.2) is 24.3 Å². The highest BCUT2D eigenvalue weighted by molar-refractivity contribution is 5.95. The third-order valence-electron chi connectivity index (χ3n) is 4.99. The van der Waals surface area contributed by atoms with Crippen LogP contribution in [0.1, 0.15) is 65.9 Å². The Morgan fingerprint density at radius 3 is 2.10 bits per heavy atom. The molecular formula is C23H34N2O5. The highest BCUT2D eigenvalue weighted by atomic mass is 16.6. The van der Waals surface area contributed by atoms with Gasteiger partial charge in [-0.05, 0) is 64.2 Å². The fourth-order valence-corrected chi connectivity index (χ4v) is 3.14.